The molecule has 3 aromatic rings. The van der Waals surface area contributed by atoms with Crippen molar-refractivity contribution in [1.82, 2.24) is 25.1 Å². The Kier molecular flexibility index (Phi) is 6.80. The van der Waals surface area contributed by atoms with Crippen molar-refractivity contribution in [3.8, 4) is 11.4 Å². The van der Waals surface area contributed by atoms with E-state index < -0.39 is 17.5 Å². The van der Waals surface area contributed by atoms with Crippen LogP contribution in [0.25, 0.3) is 11.4 Å². The molecule has 0 aliphatic carbocycles. The van der Waals surface area contributed by atoms with Gasteiger partial charge in [-0.05, 0) is 35.5 Å². The van der Waals surface area contributed by atoms with Gasteiger partial charge in [0, 0.05) is 37.8 Å². The Labute approximate surface area is 187 Å². The first-order valence-electron chi connectivity index (χ1n) is 9.86. The largest absolute Gasteiger partial charge is 0.379 e. The van der Waals surface area contributed by atoms with Crippen LogP contribution in [0, 0.1) is 11.6 Å². The molecule has 1 fully saturated rings. The van der Waals surface area contributed by atoms with Gasteiger partial charge >= 0.3 is 0 Å². The average Bonchev–Trinajstić information content (AvgIpc) is 3.16. The van der Waals surface area contributed by atoms with Gasteiger partial charge in [-0.3, -0.25) is 14.9 Å². The van der Waals surface area contributed by atoms with E-state index in [0.29, 0.717) is 5.82 Å². The van der Waals surface area contributed by atoms with Gasteiger partial charge in [0.25, 0.3) is 5.91 Å². The van der Waals surface area contributed by atoms with Crippen molar-refractivity contribution in [2.24, 2.45) is 7.05 Å². The van der Waals surface area contributed by atoms with Gasteiger partial charge in [0.05, 0.1) is 18.1 Å². The summed E-state index contributed by atoms with van der Waals surface area (Å²) in [6.07, 6.45) is 0. The molecule has 1 aromatic heterocycles. The summed E-state index contributed by atoms with van der Waals surface area (Å²) in [5.74, 6) is -2.32. The fourth-order valence-corrected chi connectivity index (χ4v) is 4.23. The number of benzene rings is 2. The van der Waals surface area contributed by atoms with Gasteiger partial charge in [0.1, 0.15) is 11.6 Å². The second-order valence-electron chi connectivity index (χ2n) is 7.27. The SMILES string of the molecule is Cn1c(Sc2c(F)cc(C(=O)NO)cc2F)nnc1-c1cccc(CN2CCOCC2)c1. The number of carbonyl (C=O) groups excluding carboxylic acids is 1. The molecule has 168 valence electrons. The van der Waals surface area contributed by atoms with Crippen molar-refractivity contribution in [2.45, 2.75) is 16.6 Å². The lowest BCUT2D eigenvalue weighted by molar-refractivity contribution is 0.0342. The molecule has 0 saturated carbocycles. The molecule has 1 saturated heterocycles. The molecule has 0 radical (unpaired) electrons. The van der Waals surface area contributed by atoms with Gasteiger partial charge in [-0.1, -0.05) is 18.2 Å². The highest BCUT2D eigenvalue weighted by Crippen LogP contribution is 2.33. The third-order valence-corrected chi connectivity index (χ3v) is 6.22. The molecule has 0 bridgehead atoms. The number of hydrogen-bond acceptors (Lipinski definition) is 7. The summed E-state index contributed by atoms with van der Waals surface area (Å²) < 4.78 is 35.9. The Morgan fingerprint density at radius 1 is 1.19 bits per heavy atom. The van der Waals surface area contributed by atoms with Crippen LogP contribution in [-0.4, -0.2) is 57.1 Å². The van der Waals surface area contributed by atoms with E-state index in [1.807, 2.05) is 24.3 Å². The zero-order valence-corrected chi connectivity index (χ0v) is 18.0. The Balaban J connectivity index is 1.55. The smallest absolute Gasteiger partial charge is 0.274 e. The maximum absolute atomic E-state index is 14.4. The number of hydroxylamine groups is 1. The lowest BCUT2D eigenvalue weighted by Crippen LogP contribution is -2.35. The highest BCUT2D eigenvalue weighted by molar-refractivity contribution is 7.99. The van der Waals surface area contributed by atoms with Crippen molar-refractivity contribution in [2.75, 3.05) is 26.3 Å². The second kappa shape index (κ2) is 9.74. The number of morpholine rings is 1. The highest BCUT2D eigenvalue weighted by atomic mass is 32.2. The lowest BCUT2D eigenvalue weighted by Gasteiger charge is -2.26. The Bertz CT molecular complexity index is 1110. The maximum Gasteiger partial charge on any atom is 0.274 e. The first kappa shape index (κ1) is 22.3. The maximum atomic E-state index is 14.4. The summed E-state index contributed by atoms with van der Waals surface area (Å²) in [6, 6.07) is 9.62. The number of nitrogens with zero attached hydrogens (tertiary/aromatic N) is 4. The van der Waals surface area contributed by atoms with Crippen molar-refractivity contribution in [3.05, 3.63) is 59.2 Å². The quantitative estimate of drug-likeness (QED) is 0.431. The van der Waals surface area contributed by atoms with Crippen LogP contribution in [0.1, 0.15) is 15.9 Å². The minimum absolute atomic E-state index is 0.288. The van der Waals surface area contributed by atoms with E-state index >= 15 is 0 Å². The summed E-state index contributed by atoms with van der Waals surface area (Å²) in [5, 5.41) is 17.2. The fourth-order valence-electron chi connectivity index (χ4n) is 3.43. The number of nitrogens with one attached hydrogen (secondary N) is 1. The third kappa shape index (κ3) is 4.80. The molecule has 0 atom stereocenters. The van der Waals surface area contributed by atoms with Crippen LogP contribution < -0.4 is 5.48 Å². The predicted molar refractivity (Wildman–Crippen MR) is 112 cm³/mol. The molecule has 2 N–H and O–H groups in total. The van der Waals surface area contributed by atoms with Crippen LogP contribution in [0.5, 0.6) is 0 Å². The monoisotopic (exact) mass is 461 g/mol. The minimum Gasteiger partial charge on any atom is -0.379 e. The van der Waals surface area contributed by atoms with Gasteiger partial charge in [0.15, 0.2) is 11.0 Å². The summed E-state index contributed by atoms with van der Waals surface area (Å²) >= 11 is 0.767. The fraction of sp³-hybridized carbons (Fsp3) is 0.286. The van der Waals surface area contributed by atoms with Gasteiger partial charge in [-0.2, -0.15) is 0 Å². The van der Waals surface area contributed by atoms with E-state index in [1.165, 1.54) is 5.48 Å². The highest BCUT2D eigenvalue weighted by Gasteiger charge is 2.20. The summed E-state index contributed by atoms with van der Waals surface area (Å²) in [6.45, 7) is 4.00. The van der Waals surface area contributed by atoms with Crippen LogP contribution in [0.2, 0.25) is 0 Å². The topological polar surface area (TPSA) is 92.5 Å². The third-order valence-electron chi connectivity index (χ3n) is 5.09. The summed E-state index contributed by atoms with van der Waals surface area (Å²) in [7, 11) is 1.72. The molecule has 2 heterocycles. The number of halogens is 2. The molecule has 1 amide bonds. The van der Waals surface area contributed by atoms with Crippen molar-refractivity contribution in [3.63, 3.8) is 0 Å². The normalized spacial score (nSPS) is 14.5. The molecule has 1 aliphatic heterocycles. The molecule has 32 heavy (non-hydrogen) atoms. The van der Waals surface area contributed by atoms with E-state index in [4.69, 9.17) is 9.94 Å². The van der Waals surface area contributed by atoms with Crippen LogP contribution in [0.15, 0.2) is 46.5 Å². The van der Waals surface area contributed by atoms with Crippen LogP contribution in [-0.2, 0) is 18.3 Å². The van der Waals surface area contributed by atoms with Crippen LogP contribution in [0.3, 0.4) is 0 Å². The molecule has 0 unspecified atom stereocenters. The number of hydrogen-bond donors (Lipinski definition) is 2. The van der Waals surface area contributed by atoms with Crippen LogP contribution >= 0.6 is 11.8 Å². The van der Waals surface area contributed by atoms with Crippen molar-refractivity contribution >= 4 is 17.7 Å². The Morgan fingerprint density at radius 3 is 2.59 bits per heavy atom. The lowest BCUT2D eigenvalue weighted by atomic mass is 10.1. The molecule has 0 spiro atoms. The van der Waals surface area contributed by atoms with Gasteiger partial charge in [-0.25, -0.2) is 14.3 Å². The zero-order chi connectivity index (χ0) is 22.7. The number of aromatic nitrogens is 3. The molecule has 8 nitrogen and oxygen atoms in total. The minimum atomic E-state index is -1.00. The molecule has 4 rings (SSSR count). The molecular formula is C21H21F2N5O3S. The van der Waals surface area contributed by atoms with Gasteiger partial charge < -0.3 is 9.30 Å². The number of ether oxygens (including phenoxy) is 1. The average molecular weight is 461 g/mol. The first-order valence-corrected chi connectivity index (χ1v) is 10.7. The van der Waals surface area contributed by atoms with E-state index in [-0.39, 0.29) is 15.6 Å². The van der Waals surface area contributed by atoms with Gasteiger partial charge in [0.2, 0.25) is 0 Å². The Hall–Kier alpha value is -2.86. The summed E-state index contributed by atoms with van der Waals surface area (Å²) in [4.78, 5) is 13.4. The summed E-state index contributed by atoms with van der Waals surface area (Å²) in [5.41, 5.74) is 2.98. The standard InChI is InChI=1S/C21H21F2N5O3S/c1-27-19(14-4-2-3-13(9-14)12-28-5-7-31-8-6-28)24-25-21(27)32-18-16(22)10-15(11-17(18)23)20(29)26-30/h2-4,9-11,30H,5-8,12H2,1H3,(H,26,29). The Morgan fingerprint density at radius 2 is 1.91 bits per heavy atom. The van der Waals surface area contributed by atoms with Crippen molar-refractivity contribution in [1.29, 1.82) is 0 Å². The van der Waals surface area contributed by atoms with E-state index in [1.54, 1.807) is 11.6 Å². The molecule has 1 aliphatic rings. The van der Waals surface area contributed by atoms with Crippen molar-refractivity contribution < 1.29 is 23.5 Å². The zero-order valence-electron chi connectivity index (χ0n) is 17.2. The van der Waals surface area contributed by atoms with Crippen LogP contribution in [0.4, 0.5) is 8.78 Å². The number of amides is 1. The number of rotatable bonds is 6. The van der Waals surface area contributed by atoms with E-state index in [0.717, 1.165) is 67.9 Å². The molecule has 2 aromatic carbocycles. The first-order chi connectivity index (χ1) is 15.5. The second-order valence-corrected chi connectivity index (χ2v) is 8.24. The van der Waals surface area contributed by atoms with E-state index in [9.17, 15) is 13.6 Å². The molecule has 11 heteroatoms. The van der Waals surface area contributed by atoms with E-state index in [2.05, 4.69) is 15.1 Å². The van der Waals surface area contributed by atoms with Gasteiger partial charge in [-0.15, -0.1) is 10.2 Å². The predicted octanol–water partition coefficient (Wildman–Crippen LogP) is 2.86. The molecular weight excluding hydrogens is 440 g/mol. The number of carbonyl (C=O) groups is 1.